The van der Waals surface area contributed by atoms with Crippen molar-refractivity contribution < 1.29 is 9.31 Å². The van der Waals surface area contributed by atoms with Crippen molar-refractivity contribution in [2.24, 2.45) is 0 Å². The van der Waals surface area contributed by atoms with Crippen LogP contribution < -0.4 is 5.32 Å². The minimum atomic E-state index is -0.743. The summed E-state index contributed by atoms with van der Waals surface area (Å²) >= 11 is 1.76. The quantitative estimate of drug-likeness (QED) is 0.612. The third-order valence-corrected chi connectivity index (χ3v) is 3.29. The van der Waals surface area contributed by atoms with E-state index in [1.165, 1.54) is 12.1 Å². The Balaban J connectivity index is 2.62. The number of hydrogen-bond acceptors (Lipinski definition) is 4. The van der Waals surface area contributed by atoms with Gasteiger partial charge in [0, 0.05) is 24.2 Å². The van der Waals surface area contributed by atoms with Crippen molar-refractivity contribution >= 4 is 17.4 Å². The molecule has 1 rings (SSSR count). The minimum absolute atomic E-state index is 0.260. The highest BCUT2D eigenvalue weighted by molar-refractivity contribution is 7.98. The van der Waals surface area contributed by atoms with Crippen molar-refractivity contribution in [2.75, 3.05) is 12.0 Å². The van der Waals surface area contributed by atoms with Gasteiger partial charge in [0.05, 0.1) is 4.92 Å². The zero-order valence-electron chi connectivity index (χ0n) is 10.5. The van der Waals surface area contributed by atoms with Gasteiger partial charge in [0.2, 0.25) is 5.82 Å². The molecule has 0 bridgehead atoms. The summed E-state index contributed by atoms with van der Waals surface area (Å²) < 4.78 is 13.7. The highest BCUT2D eigenvalue weighted by atomic mass is 32.2. The summed E-state index contributed by atoms with van der Waals surface area (Å²) in [5.41, 5.74) is -0.133. The Morgan fingerprint density at radius 2 is 2.28 bits per heavy atom. The maximum Gasteiger partial charge on any atom is 0.305 e. The second kappa shape index (κ2) is 7.33. The molecular formula is C12H17FN2O2S. The van der Waals surface area contributed by atoms with Gasteiger partial charge >= 0.3 is 5.69 Å². The Morgan fingerprint density at radius 3 is 2.89 bits per heavy atom. The van der Waals surface area contributed by atoms with Crippen molar-refractivity contribution in [1.82, 2.24) is 5.32 Å². The van der Waals surface area contributed by atoms with Gasteiger partial charge in [0.1, 0.15) is 0 Å². The van der Waals surface area contributed by atoms with E-state index >= 15 is 0 Å². The molecule has 0 heterocycles. The number of nitrogens with zero attached hydrogens (tertiary/aromatic N) is 1. The summed E-state index contributed by atoms with van der Waals surface area (Å²) in [6.07, 6.45) is 3.02. The van der Waals surface area contributed by atoms with E-state index in [0.29, 0.717) is 12.1 Å². The van der Waals surface area contributed by atoms with Crippen LogP contribution in [0.25, 0.3) is 0 Å². The van der Waals surface area contributed by atoms with Gasteiger partial charge in [-0.05, 0) is 25.4 Å². The van der Waals surface area contributed by atoms with E-state index in [4.69, 9.17) is 0 Å². The van der Waals surface area contributed by atoms with Gasteiger partial charge < -0.3 is 5.32 Å². The van der Waals surface area contributed by atoms with Crippen molar-refractivity contribution in [2.45, 2.75) is 25.9 Å². The normalized spacial score (nSPS) is 12.4. The van der Waals surface area contributed by atoms with E-state index < -0.39 is 16.4 Å². The second-order valence-electron chi connectivity index (χ2n) is 4.07. The van der Waals surface area contributed by atoms with Crippen molar-refractivity contribution in [1.29, 1.82) is 0 Å². The van der Waals surface area contributed by atoms with Gasteiger partial charge in [0.25, 0.3) is 0 Å². The molecule has 18 heavy (non-hydrogen) atoms. The molecule has 4 nitrogen and oxygen atoms in total. The van der Waals surface area contributed by atoms with Crippen LogP contribution in [0, 0.1) is 15.9 Å². The number of rotatable bonds is 7. The number of benzene rings is 1. The van der Waals surface area contributed by atoms with Gasteiger partial charge in [-0.25, -0.2) is 0 Å². The highest BCUT2D eigenvalue weighted by Crippen LogP contribution is 2.20. The SMILES string of the molecule is CSCCC(C)NCc1cccc([N+](=O)[O-])c1F. The van der Waals surface area contributed by atoms with Gasteiger partial charge in [0.15, 0.2) is 0 Å². The van der Waals surface area contributed by atoms with E-state index in [9.17, 15) is 14.5 Å². The highest BCUT2D eigenvalue weighted by Gasteiger charge is 2.17. The van der Waals surface area contributed by atoms with E-state index in [1.807, 2.05) is 13.2 Å². The Kier molecular flexibility index (Phi) is 6.07. The molecule has 0 aromatic heterocycles. The Morgan fingerprint density at radius 1 is 1.56 bits per heavy atom. The third kappa shape index (κ3) is 4.27. The first-order valence-corrected chi connectivity index (χ1v) is 7.09. The molecule has 1 atom stereocenters. The van der Waals surface area contributed by atoms with E-state index in [-0.39, 0.29) is 6.04 Å². The monoisotopic (exact) mass is 272 g/mol. The molecule has 0 aliphatic rings. The molecule has 0 amide bonds. The summed E-state index contributed by atoms with van der Waals surface area (Å²) in [6, 6.07) is 4.51. The molecule has 0 saturated carbocycles. The standard InChI is InChI=1S/C12H17FN2O2S/c1-9(6-7-18-2)14-8-10-4-3-5-11(12(10)13)15(16)17/h3-5,9,14H,6-8H2,1-2H3. The fraction of sp³-hybridized carbons (Fsp3) is 0.500. The zero-order chi connectivity index (χ0) is 13.5. The molecule has 0 aliphatic carbocycles. The van der Waals surface area contributed by atoms with Gasteiger partial charge in [-0.15, -0.1) is 0 Å². The van der Waals surface area contributed by atoms with Crippen LogP contribution in [0.3, 0.4) is 0 Å². The van der Waals surface area contributed by atoms with Crippen LogP contribution in [0.15, 0.2) is 18.2 Å². The molecule has 1 N–H and O–H groups in total. The van der Waals surface area contributed by atoms with Crippen LogP contribution in [0.5, 0.6) is 0 Å². The Bertz CT molecular complexity index is 415. The number of nitrogens with one attached hydrogen (secondary N) is 1. The summed E-state index contributed by atoms with van der Waals surface area (Å²) in [5.74, 6) is 0.290. The van der Waals surface area contributed by atoms with Gasteiger partial charge in [-0.2, -0.15) is 16.2 Å². The molecule has 1 unspecified atom stereocenters. The van der Waals surface area contributed by atoms with Crippen LogP contribution in [0.2, 0.25) is 0 Å². The summed E-state index contributed by atoms with van der Waals surface area (Å²) in [5, 5.41) is 13.8. The average Bonchev–Trinajstić information content (AvgIpc) is 2.34. The summed E-state index contributed by atoms with van der Waals surface area (Å²) in [4.78, 5) is 9.90. The van der Waals surface area contributed by atoms with Crippen molar-refractivity contribution in [3.8, 4) is 0 Å². The smallest absolute Gasteiger partial charge is 0.305 e. The zero-order valence-corrected chi connectivity index (χ0v) is 11.3. The van der Waals surface area contributed by atoms with E-state index in [0.717, 1.165) is 12.2 Å². The topological polar surface area (TPSA) is 55.2 Å². The molecule has 6 heteroatoms. The maximum atomic E-state index is 13.7. The molecule has 0 saturated heterocycles. The van der Waals surface area contributed by atoms with Crippen LogP contribution in [-0.4, -0.2) is 23.0 Å². The molecule has 0 aliphatic heterocycles. The minimum Gasteiger partial charge on any atom is -0.310 e. The molecule has 1 aromatic carbocycles. The lowest BCUT2D eigenvalue weighted by Crippen LogP contribution is -2.26. The first-order chi connectivity index (χ1) is 8.56. The fourth-order valence-electron chi connectivity index (χ4n) is 1.52. The molecule has 0 spiro atoms. The first kappa shape index (κ1) is 14.9. The predicted molar refractivity (Wildman–Crippen MR) is 72.4 cm³/mol. The lowest BCUT2D eigenvalue weighted by molar-refractivity contribution is -0.387. The maximum absolute atomic E-state index is 13.7. The predicted octanol–water partition coefficient (Wildman–Crippen LogP) is 2.97. The summed E-state index contributed by atoms with van der Waals surface area (Å²) in [7, 11) is 0. The largest absolute Gasteiger partial charge is 0.310 e. The van der Waals surface area contributed by atoms with E-state index in [2.05, 4.69) is 5.32 Å². The molecule has 0 radical (unpaired) electrons. The number of hydrogen-bond donors (Lipinski definition) is 1. The van der Waals surface area contributed by atoms with Gasteiger partial charge in [-0.1, -0.05) is 12.1 Å². The molecule has 0 fully saturated rings. The molecular weight excluding hydrogens is 255 g/mol. The number of thioether (sulfide) groups is 1. The van der Waals surface area contributed by atoms with Crippen molar-refractivity contribution in [3.05, 3.63) is 39.7 Å². The lowest BCUT2D eigenvalue weighted by Gasteiger charge is -2.13. The van der Waals surface area contributed by atoms with Crippen LogP contribution >= 0.6 is 11.8 Å². The average molecular weight is 272 g/mol. The van der Waals surface area contributed by atoms with E-state index in [1.54, 1.807) is 17.8 Å². The Hall–Kier alpha value is -1.14. The molecule has 1 aromatic rings. The van der Waals surface area contributed by atoms with Crippen LogP contribution in [-0.2, 0) is 6.54 Å². The number of halogens is 1. The van der Waals surface area contributed by atoms with Crippen LogP contribution in [0.4, 0.5) is 10.1 Å². The fourth-order valence-corrected chi connectivity index (χ4v) is 2.11. The number of nitro groups is 1. The second-order valence-corrected chi connectivity index (χ2v) is 5.06. The lowest BCUT2D eigenvalue weighted by atomic mass is 10.1. The van der Waals surface area contributed by atoms with Crippen LogP contribution in [0.1, 0.15) is 18.9 Å². The first-order valence-electron chi connectivity index (χ1n) is 5.70. The number of nitro benzene ring substituents is 1. The third-order valence-electron chi connectivity index (χ3n) is 2.65. The van der Waals surface area contributed by atoms with Crippen molar-refractivity contribution in [3.63, 3.8) is 0 Å². The Labute approximate surface area is 110 Å². The molecule has 100 valence electrons. The summed E-state index contributed by atoms with van der Waals surface area (Å²) in [6.45, 7) is 2.33. The van der Waals surface area contributed by atoms with Gasteiger partial charge in [-0.3, -0.25) is 10.1 Å².